The summed E-state index contributed by atoms with van der Waals surface area (Å²) in [5, 5.41) is 3.80. The van der Waals surface area contributed by atoms with Crippen LogP contribution in [0.2, 0.25) is 0 Å². The third-order valence-corrected chi connectivity index (χ3v) is 4.31. The van der Waals surface area contributed by atoms with E-state index in [-0.39, 0.29) is 0 Å². The van der Waals surface area contributed by atoms with Crippen molar-refractivity contribution >= 4 is 0 Å². The van der Waals surface area contributed by atoms with Gasteiger partial charge >= 0.3 is 0 Å². The highest BCUT2D eigenvalue weighted by atomic mass is 14.9. The van der Waals surface area contributed by atoms with Crippen LogP contribution in [0.5, 0.6) is 0 Å². The van der Waals surface area contributed by atoms with E-state index in [2.05, 4.69) is 50.4 Å². The van der Waals surface area contributed by atoms with Crippen LogP contribution in [0, 0.1) is 5.92 Å². The van der Waals surface area contributed by atoms with Gasteiger partial charge in [0.15, 0.2) is 0 Å². The highest BCUT2D eigenvalue weighted by Crippen LogP contribution is 2.25. The van der Waals surface area contributed by atoms with Crippen LogP contribution in [0.4, 0.5) is 0 Å². The van der Waals surface area contributed by atoms with Gasteiger partial charge in [-0.15, -0.1) is 0 Å². The minimum absolute atomic E-state index is 0.478. The molecular weight excluding hydrogens is 218 g/mol. The molecule has 0 saturated heterocycles. The molecule has 1 aromatic carbocycles. The summed E-state index contributed by atoms with van der Waals surface area (Å²) in [5.41, 5.74) is 2.85. The highest BCUT2D eigenvalue weighted by Gasteiger charge is 2.20. The molecule has 0 radical (unpaired) electrons. The number of hydrogen-bond donors (Lipinski definition) is 1. The zero-order valence-electron chi connectivity index (χ0n) is 12.1. The van der Waals surface area contributed by atoms with Crippen molar-refractivity contribution in [2.24, 2.45) is 5.92 Å². The lowest BCUT2D eigenvalue weighted by atomic mass is 9.86. The Morgan fingerprint density at radius 1 is 1.22 bits per heavy atom. The van der Waals surface area contributed by atoms with Gasteiger partial charge in [0.1, 0.15) is 0 Å². The molecule has 0 bridgehead atoms. The molecule has 3 atom stereocenters. The van der Waals surface area contributed by atoms with Crippen molar-refractivity contribution in [3.8, 4) is 0 Å². The Balaban J connectivity index is 1.91. The van der Waals surface area contributed by atoms with E-state index >= 15 is 0 Å². The van der Waals surface area contributed by atoms with Crippen LogP contribution >= 0.6 is 0 Å². The topological polar surface area (TPSA) is 12.0 Å². The van der Waals surface area contributed by atoms with Gasteiger partial charge in [0.05, 0.1) is 0 Å². The van der Waals surface area contributed by atoms with Crippen molar-refractivity contribution in [1.82, 2.24) is 5.32 Å². The minimum atomic E-state index is 0.478. The van der Waals surface area contributed by atoms with Gasteiger partial charge in [0, 0.05) is 12.1 Å². The normalized spacial score (nSPS) is 25.9. The Hall–Kier alpha value is -0.820. The number of aryl methyl sites for hydroxylation is 1. The van der Waals surface area contributed by atoms with Crippen LogP contribution in [0.1, 0.15) is 63.6 Å². The fourth-order valence-corrected chi connectivity index (χ4v) is 3.08. The third-order valence-electron chi connectivity index (χ3n) is 4.31. The summed E-state index contributed by atoms with van der Waals surface area (Å²) in [7, 11) is 0. The van der Waals surface area contributed by atoms with E-state index in [1.807, 2.05) is 0 Å². The summed E-state index contributed by atoms with van der Waals surface area (Å²) >= 11 is 0. The fraction of sp³-hybridized carbons (Fsp3) is 0.647. The largest absolute Gasteiger partial charge is 0.307 e. The molecule has 3 unspecified atom stereocenters. The molecule has 0 heterocycles. The van der Waals surface area contributed by atoms with E-state index in [4.69, 9.17) is 0 Å². The van der Waals surface area contributed by atoms with E-state index in [1.54, 1.807) is 0 Å². The van der Waals surface area contributed by atoms with E-state index in [1.165, 1.54) is 36.8 Å². The highest BCUT2D eigenvalue weighted by molar-refractivity contribution is 5.24. The first kappa shape index (κ1) is 13.6. The monoisotopic (exact) mass is 245 g/mol. The van der Waals surface area contributed by atoms with Crippen molar-refractivity contribution in [2.75, 3.05) is 0 Å². The van der Waals surface area contributed by atoms with Crippen molar-refractivity contribution in [3.05, 3.63) is 35.4 Å². The van der Waals surface area contributed by atoms with Crippen LogP contribution in [0.15, 0.2) is 24.3 Å². The summed E-state index contributed by atoms with van der Waals surface area (Å²) in [6.45, 7) is 6.88. The van der Waals surface area contributed by atoms with Crippen LogP contribution in [-0.4, -0.2) is 6.04 Å². The fourth-order valence-electron chi connectivity index (χ4n) is 3.08. The SMILES string of the molecule is CCc1ccc(C(C)NC2CCCC(C)C2)cc1. The molecule has 1 nitrogen and oxygen atoms in total. The molecule has 1 N–H and O–H groups in total. The minimum Gasteiger partial charge on any atom is -0.307 e. The Labute approximate surface area is 112 Å². The molecule has 0 spiro atoms. The van der Waals surface area contributed by atoms with Gasteiger partial charge in [-0.3, -0.25) is 0 Å². The number of hydrogen-bond acceptors (Lipinski definition) is 1. The van der Waals surface area contributed by atoms with Crippen molar-refractivity contribution < 1.29 is 0 Å². The zero-order valence-corrected chi connectivity index (χ0v) is 12.1. The van der Waals surface area contributed by atoms with Gasteiger partial charge in [-0.2, -0.15) is 0 Å². The molecule has 1 fully saturated rings. The van der Waals surface area contributed by atoms with Gasteiger partial charge in [0.25, 0.3) is 0 Å². The predicted octanol–water partition coefficient (Wildman–Crippen LogP) is 4.48. The lowest BCUT2D eigenvalue weighted by molar-refractivity contribution is 0.285. The summed E-state index contributed by atoms with van der Waals surface area (Å²) in [5.74, 6) is 0.894. The molecule has 1 aromatic rings. The Morgan fingerprint density at radius 2 is 1.94 bits per heavy atom. The predicted molar refractivity (Wildman–Crippen MR) is 78.8 cm³/mol. The molecule has 0 aromatic heterocycles. The van der Waals surface area contributed by atoms with Crippen LogP contribution in [-0.2, 0) is 6.42 Å². The van der Waals surface area contributed by atoms with Crippen molar-refractivity contribution in [2.45, 2.75) is 65.0 Å². The summed E-state index contributed by atoms with van der Waals surface area (Å²) < 4.78 is 0. The van der Waals surface area contributed by atoms with Crippen LogP contribution in [0.25, 0.3) is 0 Å². The van der Waals surface area contributed by atoms with Gasteiger partial charge in [0.2, 0.25) is 0 Å². The standard InChI is InChI=1S/C17H27N/c1-4-15-8-10-16(11-9-15)14(3)18-17-7-5-6-13(2)12-17/h8-11,13-14,17-18H,4-7,12H2,1-3H3. The Kier molecular flexibility index (Phi) is 4.82. The average molecular weight is 245 g/mol. The first-order valence-corrected chi connectivity index (χ1v) is 7.54. The summed E-state index contributed by atoms with van der Waals surface area (Å²) in [6.07, 6.45) is 6.62. The molecule has 100 valence electrons. The maximum absolute atomic E-state index is 3.80. The molecule has 1 heteroatoms. The van der Waals surface area contributed by atoms with Crippen LogP contribution < -0.4 is 5.32 Å². The van der Waals surface area contributed by atoms with E-state index in [0.29, 0.717) is 6.04 Å². The van der Waals surface area contributed by atoms with Crippen LogP contribution in [0.3, 0.4) is 0 Å². The van der Waals surface area contributed by atoms with Crippen molar-refractivity contribution in [3.63, 3.8) is 0 Å². The molecule has 18 heavy (non-hydrogen) atoms. The maximum Gasteiger partial charge on any atom is 0.0294 e. The molecule has 1 aliphatic rings. The molecule has 0 aliphatic heterocycles. The van der Waals surface area contributed by atoms with E-state index in [0.717, 1.165) is 18.4 Å². The zero-order chi connectivity index (χ0) is 13.0. The molecule has 1 aliphatic carbocycles. The number of rotatable bonds is 4. The van der Waals surface area contributed by atoms with Gasteiger partial charge < -0.3 is 5.32 Å². The Morgan fingerprint density at radius 3 is 2.56 bits per heavy atom. The first-order valence-electron chi connectivity index (χ1n) is 7.54. The second-order valence-corrected chi connectivity index (χ2v) is 5.95. The van der Waals surface area contributed by atoms with Crippen molar-refractivity contribution in [1.29, 1.82) is 0 Å². The number of benzene rings is 1. The number of nitrogens with one attached hydrogen (secondary N) is 1. The van der Waals surface area contributed by atoms with E-state index in [9.17, 15) is 0 Å². The maximum atomic E-state index is 3.80. The molecule has 2 rings (SSSR count). The molecule has 0 amide bonds. The lowest BCUT2D eigenvalue weighted by Gasteiger charge is -2.30. The quantitative estimate of drug-likeness (QED) is 0.824. The van der Waals surface area contributed by atoms with E-state index < -0.39 is 0 Å². The second-order valence-electron chi connectivity index (χ2n) is 5.95. The lowest BCUT2D eigenvalue weighted by Crippen LogP contribution is -2.35. The summed E-state index contributed by atoms with van der Waals surface area (Å²) in [6, 6.07) is 10.3. The van der Waals surface area contributed by atoms with Gasteiger partial charge in [-0.25, -0.2) is 0 Å². The molecular formula is C17H27N. The Bertz CT molecular complexity index is 354. The van der Waals surface area contributed by atoms with Gasteiger partial charge in [-0.1, -0.05) is 51.0 Å². The molecule has 1 saturated carbocycles. The summed E-state index contributed by atoms with van der Waals surface area (Å²) in [4.78, 5) is 0. The third kappa shape index (κ3) is 3.58. The average Bonchev–Trinajstić information content (AvgIpc) is 2.39. The first-order chi connectivity index (χ1) is 8.69. The smallest absolute Gasteiger partial charge is 0.0294 e. The second kappa shape index (κ2) is 6.38. The van der Waals surface area contributed by atoms with Gasteiger partial charge in [-0.05, 0) is 43.2 Å².